The zero-order valence-corrected chi connectivity index (χ0v) is 9.37. The molecule has 3 heteroatoms. The van der Waals surface area contributed by atoms with Crippen LogP contribution in [0.1, 0.15) is 44.3 Å². The Hall–Kier alpha value is -0.800. The van der Waals surface area contributed by atoms with Gasteiger partial charge >= 0.3 is 0 Å². The van der Waals surface area contributed by atoms with E-state index in [4.69, 9.17) is 5.73 Å². The lowest BCUT2D eigenvalue weighted by molar-refractivity contribution is 0.305. The van der Waals surface area contributed by atoms with Gasteiger partial charge in [0.25, 0.3) is 0 Å². The van der Waals surface area contributed by atoms with Gasteiger partial charge in [-0.3, -0.25) is 0 Å². The number of aromatic nitrogens is 1. The quantitative estimate of drug-likeness (QED) is 0.709. The fraction of sp³-hybridized carbons (Fsp3) is 0.667. The van der Waals surface area contributed by atoms with E-state index in [0.717, 1.165) is 6.42 Å². The highest BCUT2D eigenvalue weighted by Gasteiger charge is 2.23. The van der Waals surface area contributed by atoms with E-state index in [9.17, 15) is 0 Å². The Morgan fingerprint density at radius 2 is 2.27 bits per heavy atom. The first-order valence-corrected chi connectivity index (χ1v) is 5.92. The molecule has 1 aromatic heterocycles. The van der Waals surface area contributed by atoms with Crippen molar-refractivity contribution in [1.29, 1.82) is 0 Å². The van der Waals surface area contributed by atoms with E-state index >= 15 is 0 Å². The van der Waals surface area contributed by atoms with Gasteiger partial charge in [-0.2, -0.15) is 0 Å². The van der Waals surface area contributed by atoms with E-state index in [2.05, 4.69) is 23.3 Å². The summed E-state index contributed by atoms with van der Waals surface area (Å²) in [7, 11) is 0. The highest BCUT2D eigenvalue weighted by molar-refractivity contribution is 5.08. The molecule has 1 saturated carbocycles. The average molecular weight is 207 g/mol. The normalized spacial score (nSPS) is 28.9. The van der Waals surface area contributed by atoms with E-state index in [1.807, 2.05) is 12.3 Å². The van der Waals surface area contributed by atoms with Crippen LogP contribution in [0.2, 0.25) is 0 Å². The van der Waals surface area contributed by atoms with Gasteiger partial charge in [0.15, 0.2) is 0 Å². The summed E-state index contributed by atoms with van der Waals surface area (Å²) >= 11 is 0. The summed E-state index contributed by atoms with van der Waals surface area (Å²) in [6, 6.07) is 5.34. The van der Waals surface area contributed by atoms with Crippen molar-refractivity contribution < 1.29 is 0 Å². The summed E-state index contributed by atoms with van der Waals surface area (Å²) in [4.78, 5) is 3.24. The Morgan fingerprint density at radius 3 is 2.93 bits per heavy atom. The molecule has 1 heterocycles. The second-order valence-electron chi connectivity index (χ2n) is 4.57. The van der Waals surface area contributed by atoms with E-state index in [1.54, 1.807) is 0 Å². The Bertz CT molecular complexity index is 281. The van der Waals surface area contributed by atoms with Gasteiger partial charge in [0.05, 0.1) is 0 Å². The average Bonchev–Trinajstić information content (AvgIpc) is 2.74. The van der Waals surface area contributed by atoms with Gasteiger partial charge in [0.2, 0.25) is 0 Å². The van der Waals surface area contributed by atoms with Gasteiger partial charge in [-0.05, 0) is 31.9 Å². The van der Waals surface area contributed by atoms with Gasteiger partial charge < -0.3 is 16.0 Å². The summed E-state index contributed by atoms with van der Waals surface area (Å²) in [6.45, 7) is 2.19. The van der Waals surface area contributed by atoms with Gasteiger partial charge in [0.1, 0.15) is 0 Å². The van der Waals surface area contributed by atoms with Crippen LogP contribution in [0.4, 0.5) is 0 Å². The second-order valence-corrected chi connectivity index (χ2v) is 4.57. The number of nitrogens with one attached hydrogen (secondary N) is 2. The molecule has 0 spiro atoms. The molecule has 3 atom stereocenters. The van der Waals surface area contributed by atoms with Crippen LogP contribution >= 0.6 is 0 Å². The molecule has 15 heavy (non-hydrogen) atoms. The molecule has 2 rings (SSSR count). The third-order valence-corrected chi connectivity index (χ3v) is 3.37. The number of aromatic amines is 1. The van der Waals surface area contributed by atoms with Crippen molar-refractivity contribution in [3.63, 3.8) is 0 Å². The predicted octanol–water partition coefficient (Wildman–Crippen LogP) is 1.94. The number of rotatable bonds is 3. The molecule has 0 radical (unpaired) electrons. The fourth-order valence-corrected chi connectivity index (χ4v) is 2.39. The minimum Gasteiger partial charge on any atom is -0.364 e. The maximum Gasteiger partial charge on any atom is 0.0446 e. The van der Waals surface area contributed by atoms with E-state index < -0.39 is 0 Å². The minimum atomic E-state index is 0.330. The first-order chi connectivity index (χ1) is 7.27. The smallest absolute Gasteiger partial charge is 0.0446 e. The van der Waals surface area contributed by atoms with Crippen molar-refractivity contribution in [2.75, 3.05) is 0 Å². The van der Waals surface area contributed by atoms with Gasteiger partial charge in [0, 0.05) is 30.0 Å². The monoisotopic (exact) mass is 207 g/mol. The van der Waals surface area contributed by atoms with Crippen LogP contribution in [0.3, 0.4) is 0 Å². The maximum absolute atomic E-state index is 6.11. The molecule has 0 saturated heterocycles. The zero-order valence-electron chi connectivity index (χ0n) is 9.37. The predicted molar refractivity (Wildman–Crippen MR) is 62.6 cm³/mol. The summed E-state index contributed by atoms with van der Waals surface area (Å²) in [5.74, 6) is 0. The molecule has 0 bridgehead atoms. The number of hydrogen-bond donors (Lipinski definition) is 3. The Labute approximate surface area is 91.4 Å². The van der Waals surface area contributed by atoms with Gasteiger partial charge in [-0.1, -0.05) is 12.8 Å². The molecular weight excluding hydrogens is 186 g/mol. The number of nitrogens with two attached hydrogens (primary N) is 1. The van der Waals surface area contributed by atoms with Gasteiger partial charge in [-0.25, -0.2) is 0 Å². The molecule has 1 aromatic rings. The van der Waals surface area contributed by atoms with Crippen molar-refractivity contribution in [3.8, 4) is 0 Å². The van der Waals surface area contributed by atoms with Crippen molar-refractivity contribution in [3.05, 3.63) is 24.0 Å². The molecule has 1 aliphatic carbocycles. The molecule has 0 aromatic carbocycles. The standard InChI is InChI=1S/C12H21N3/c1-9(11-7-4-8-14-11)15-12-6-3-2-5-10(12)13/h4,7-10,12,14-15H,2-3,5-6,13H2,1H3/t9-,10-,12-/m0/s1. The summed E-state index contributed by atoms with van der Waals surface area (Å²) in [5.41, 5.74) is 7.35. The molecular formula is C12H21N3. The van der Waals surface area contributed by atoms with Crippen molar-refractivity contribution >= 4 is 0 Å². The van der Waals surface area contributed by atoms with Crippen LogP contribution in [0.25, 0.3) is 0 Å². The second kappa shape index (κ2) is 4.81. The highest BCUT2D eigenvalue weighted by atomic mass is 15.0. The lowest BCUT2D eigenvalue weighted by Crippen LogP contribution is -2.47. The molecule has 84 valence electrons. The zero-order chi connectivity index (χ0) is 10.7. The molecule has 3 nitrogen and oxygen atoms in total. The molecule has 1 aliphatic rings. The largest absolute Gasteiger partial charge is 0.364 e. The topological polar surface area (TPSA) is 53.8 Å². The van der Waals surface area contributed by atoms with Crippen molar-refractivity contribution in [1.82, 2.24) is 10.3 Å². The maximum atomic E-state index is 6.11. The van der Waals surface area contributed by atoms with Crippen LogP contribution in [0.15, 0.2) is 18.3 Å². The van der Waals surface area contributed by atoms with E-state index in [1.165, 1.54) is 25.0 Å². The van der Waals surface area contributed by atoms with Crippen LogP contribution in [0.5, 0.6) is 0 Å². The first kappa shape index (κ1) is 10.7. The first-order valence-electron chi connectivity index (χ1n) is 5.92. The Kier molecular flexibility index (Phi) is 3.44. The summed E-state index contributed by atoms with van der Waals surface area (Å²) in [6.07, 6.45) is 6.94. The summed E-state index contributed by atoms with van der Waals surface area (Å²) in [5, 5.41) is 3.61. The lowest BCUT2D eigenvalue weighted by Gasteiger charge is -2.31. The van der Waals surface area contributed by atoms with Crippen molar-refractivity contribution in [2.24, 2.45) is 5.73 Å². The van der Waals surface area contributed by atoms with Crippen LogP contribution in [0, 0.1) is 0 Å². The SMILES string of the molecule is C[C@H](N[C@H]1CCCC[C@@H]1N)c1ccc[nH]1. The number of hydrogen-bond acceptors (Lipinski definition) is 2. The Balaban J connectivity index is 1.90. The molecule has 1 fully saturated rings. The highest BCUT2D eigenvalue weighted by Crippen LogP contribution is 2.20. The van der Waals surface area contributed by atoms with Crippen LogP contribution in [-0.4, -0.2) is 17.1 Å². The third kappa shape index (κ3) is 2.61. The third-order valence-electron chi connectivity index (χ3n) is 3.37. The van der Waals surface area contributed by atoms with Gasteiger partial charge in [-0.15, -0.1) is 0 Å². The van der Waals surface area contributed by atoms with E-state index in [-0.39, 0.29) is 0 Å². The molecule has 0 amide bonds. The van der Waals surface area contributed by atoms with Crippen LogP contribution < -0.4 is 11.1 Å². The minimum absolute atomic E-state index is 0.330. The Morgan fingerprint density at radius 1 is 1.47 bits per heavy atom. The lowest BCUT2D eigenvalue weighted by atomic mass is 9.90. The van der Waals surface area contributed by atoms with E-state index in [0.29, 0.717) is 18.1 Å². The molecule has 4 N–H and O–H groups in total. The number of H-pyrrole nitrogens is 1. The molecule has 0 unspecified atom stereocenters. The van der Waals surface area contributed by atoms with Crippen molar-refractivity contribution in [2.45, 2.75) is 50.7 Å². The van der Waals surface area contributed by atoms with Crippen LogP contribution in [-0.2, 0) is 0 Å². The summed E-state index contributed by atoms with van der Waals surface area (Å²) < 4.78 is 0. The molecule has 0 aliphatic heterocycles. The fourth-order valence-electron chi connectivity index (χ4n) is 2.39.